The molecule has 0 radical (unpaired) electrons. The summed E-state index contributed by atoms with van der Waals surface area (Å²) in [5, 5.41) is 0. The fourth-order valence-electron chi connectivity index (χ4n) is 1.36. The Labute approximate surface area is 185 Å². The molecule has 0 fully saturated rings. The van der Waals surface area contributed by atoms with Crippen LogP contribution in [0.2, 0.25) is 0 Å². The van der Waals surface area contributed by atoms with Gasteiger partial charge in [-0.3, -0.25) is 0 Å². The maximum atomic E-state index is 3.63. The molecule has 148 valence electrons. The first-order valence-electron chi connectivity index (χ1n) is 8.46. The molecule has 0 aliphatic heterocycles. The van der Waals surface area contributed by atoms with Gasteiger partial charge in [0.2, 0.25) is 0 Å². The van der Waals surface area contributed by atoms with Crippen LogP contribution in [0.25, 0.3) is 0 Å². The Balaban J connectivity index is -0.000000292. The molecule has 2 atom stereocenters. The molecule has 2 heteroatoms. The summed E-state index contributed by atoms with van der Waals surface area (Å²) in [6.45, 7) is 9.25. The average molecular weight is 432 g/mol. The third-order valence-electron chi connectivity index (χ3n) is 2.74. The van der Waals surface area contributed by atoms with E-state index >= 15 is 0 Å². The van der Waals surface area contributed by atoms with Gasteiger partial charge in [-0.1, -0.05) is 37.8 Å². The topological polar surface area (TPSA) is 0 Å². The van der Waals surface area contributed by atoms with E-state index in [4.69, 9.17) is 0 Å². The van der Waals surface area contributed by atoms with E-state index in [1.165, 1.54) is 0 Å². The summed E-state index contributed by atoms with van der Waals surface area (Å²) in [5.74, 6) is 0.466. The van der Waals surface area contributed by atoms with Crippen molar-refractivity contribution in [2.24, 2.45) is 5.92 Å². The van der Waals surface area contributed by atoms with E-state index in [1.807, 2.05) is 109 Å². The maximum absolute atomic E-state index is 3.63. The fourth-order valence-corrected chi connectivity index (χ4v) is 1.36. The first-order chi connectivity index (χ1) is 12.8. The third-order valence-corrected chi connectivity index (χ3v) is 2.74. The second-order valence-electron chi connectivity index (χ2n) is 4.95. The Morgan fingerprint density at radius 1 is 0.643 bits per heavy atom. The number of hydrogen-bond acceptors (Lipinski definition) is 0. The summed E-state index contributed by atoms with van der Waals surface area (Å²) in [5.41, 5.74) is 0. The zero-order valence-electron chi connectivity index (χ0n) is 16.5. The van der Waals surface area contributed by atoms with Crippen molar-refractivity contribution in [2.45, 2.75) is 6.92 Å². The van der Waals surface area contributed by atoms with Crippen LogP contribution in [0.5, 0.6) is 0 Å². The molecule has 3 aromatic rings. The molecule has 2 unspecified atom stereocenters. The van der Waals surface area contributed by atoms with Gasteiger partial charge in [0.05, 0.1) is 0 Å². The van der Waals surface area contributed by atoms with E-state index in [0.717, 1.165) is 0 Å². The summed E-state index contributed by atoms with van der Waals surface area (Å²) in [7, 11) is 0. The summed E-state index contributed by atoms with van der Waals surface area (Å²) < 4.78 is 0. The summed E-state index contributed by atoms with van der Waals surface area (Å²) in [6, 6.07) is 37.5. The average Bonchev–Trinajstić information content (AvgIpc) is 2.77. The van der Waals surface area contributed by atoms with Crippen molar-refractivity contribution in [3.05, 3.63) is 147 Å². The van der Waals surface area contributed by atoms with Gasteiger partial charge < -0.3 is 0 Å². The standard InChI is InChI=1S/C8H12.3C6H5.Co.H3P/c1-4-6-7-8(3)5-2;3*1-2-4-6-5-3-1;;/h4-8H,1-2H2,3H3;3*1-5H;;1H3/q;3*-1;+3;. The molecule has 0 saturated heterocycles. The summed E-state index contributed by atoms with van der Waals surface area (Å²) in [6.07, 6.45) is 7.62. The van der Waals surface area contributed by atoms with Crippen molar-refractivity contribution < 1.29 is 16.8 Å². The Kier molecular flexibility index (Phi) is 29.5. The molecule has 3 rings (SSSR count). The van der Waals surface area contributed by atoms with Crippen molar-refractivity contribution in [3.8, 4) is 0 Å². The van der Waals surface area contributed by atoms with Crippen LogP contribution in [-0.4, -0.2) is 0 Å². The molecule has 0 saturated carbocycles. The third kappa shape index (κ3) is 26.0. The second-order valence-corrected chi connectivity index (χ2v) is 4.95. The van der Waals surface area contributed by atoms with Crippen LogP contribution in [0.15, 0.2) is 128 Å². The molecule has 0 bridgehead atoms. The van der Waals surface area contributed by atoms with E-state index in [2.05, 4.69) is 38.3 Å². The van der Waals surface area contributed by atoms with Crippen LogP contribution in [0.4, 0.5) is 0 Å². The smallest absolute Gasteiger partial charge is 0.184 e. The minimum atomic E-state index is 0. The molecule has 28 heavy (non-hydrogen) atoms. The Bertz CT molecular complexity index is 497. The Morgan fingerprint density at radius 2 is 0.964 bits per heavy atom. The van der Waals surface area contributed by atoms with Gasteiger partial charge in [-0.2, -0.15) is 119 Å². The van der Waals surface area contributed by atoms with Gasteiger partial charge in [0.15, 0.2) is 0 Å². The molecule has 0 N–H and O–H groups in total. The first-order valence-corrected chi connectivity index (χ1v) is 8.46. The molecule has 0 heterocycles. The first kappa shape index (κ1) is 30.5. The fraction of sp³-hybridized carbons (Fsp3) is 0.0769. The van der Waals surface area contributed by atoms with Gasteiger partial charge in [-0.25, -0.2) is 0 Å². The SMILES string of the molecule is C=CC=CC(C)C=C.P.[Co+3].[c-]1ccccc1.[c-]1ccccc1.[c-]1ccccc1. The van der Waals surface area contributed by atoms with E-state index in [1.54, 1.807) is 6.08 Å². The number of benzene rings is 3. The van der Waals surface area contributed by atoms with Gasteiger partial charge in [0.1, 0.15) is 0 Å². The van der Waals surface area contributed by atoms with Crippen LogP contribution in [0.1, 0.15) is 6.92 Å². The number of allylic oxidation sites excluding steroid dienone is 4. The van der Waals surface area contributed by atoms with Gasteiger partial charge >= 0.3 is 16.8 Å². The second kappa shape index (κ2) is 27.0. The molecule has 0 amide bonds. The molecular formula is C26H30CoP. The monoisotopic (exact) mass is 432 g/mol. The van der Waals surface area contributed by atoms with Crippen LogP contribution in [-0.2, 0) is 16.8 Å². The minimum Gasteiger partial charge on any atom is -0.184 e. The van der Waals surface area contributed by atoms with Gasteiger partial charge in [0.25, 0.3) is 0 Å². The maximum Gasteiger partial charge on any atom is 3.00 e. The molecule has 3 aromatic carbocycles. The van der Waals surface area contributed by atoms with Crippen LogP contribution in [0.3, 0.4) is 0 Å². The van der Waals surface area contributed by atoms with Gasteiger partial charge in [-0.15, -0.1) is 6.58 Å². The van der Waals surface area contributed by atoms with Crippen molar-refractivity contribution >= 4 is 9.90 Å². The molecule has 0 aliphatic rings. The number of hydrogen-bond donors (Lipinski definition) is 0. The Morgan fingerprint density at radius 3 is 1.11 bits per heavy atom. The predicted octanol–water partition coefficient (Wildman–Crippen LogP) is 7.07. The zero-order chi connectivity index (χ0) is 19.1. The van der Waals surface area contributed by atoms with E-state index in [-0.39, 0.29) is 26.7 Å². The van der Waals surface area contributed by atoms with Crippen molar-refractivity contribution in [3.63, 3.8) is 0 Å². The summed E-state index contributed by atoms with van der Waals surface area (Å²) in [4.78, 5) is 0. The largest absolute Gasteiger partial charge is 3.00 e. The predicted molar refractivity (Wildman–Crippen MR) is 126 cm³/mol. The van der Waals surface area contributed by atoms with Crippen molar-refractivity contribution in [2.75, 3.05) is 0 Å². The molecular weight excluding hydrogens is 402 g/mol. The molecule has 0 nitrogen and oxygen atoms in total. The quantitative estimate of drug-likeness (QED) is 0.180. The van der Waals surface area contributed by atoms with Gasteiger partial charge in [-0.05, 0) is 5.92 Å². The van der Waals surface area contributed by atoms with E-state index in [9.17, 15) is 0 Å². The minimum absolute atomic E-state index is 0. The van der Waals surface area contributed by atoms with Crippen LogP contribution < -0.4 is 0 Å². The number of rotatable bonds is 3. The summed E-state index contributed by atoms with van der Waals surface area (Å²) >= 11 is 0. The van der Waals surface area contributed by atoms with E-state index < -0.39 is 0 Å². The van der Waals surface area contributed by atoms with Crippen molar-refractivity contribution in [1.82, 2.24) is 0 Å². The normalized spacial score (nSPS) is 9.04. The molecule has 0 aromatic heterocycles. The zero-order valence-corrected chi connectivity index (χ0v) is 19.0. The van der Waals surface area contributed by atoms with E-state index in [0.29, 0.717) is 5.92 Å². The van der Waals surface area contributed by atoms with Crippen molar-refractivity contribution in [1.29, 1.82) is 0 Å². The van der Waals surface area contributed by atoms with Gasteiger partial charge in [0, 0.05) is 0 Å². The molecule has 0 aliphatic carbocycles. The van der Waals surface area contributed by atoms with Crippen LogP contribution >= 0.6 is 9.90 Å². The van der Waals surface area contributed by atoms with Crippen LogP contribution in [0, 0.1) is 24.1 Å². The molecule has 0 spiro atoms. The Hall–Kier alpha value is -2.18.